The Hall–Kier alpha value is -3.09. The molecule has 0 aliphatic heterocycles. The molecule has 1 N–H and O–H groups in total. The third-order valence-corrected chi connectivity index (χ3v) is 5.22. The molecule has 0 unspecified atom stereocenters. The number of nitrogens with one attached hydrogen (secondary N) is 1. The summed E-state index contributed by atoms with van der Waals surface area (Å²) >= 11 is 0. The van der Waals surface area contributed by atoms with Crippen molar-refractivity contribution < 1.29 is 13.2 Å². The lowest BCUT2D eigenvalue weighted by Gasteiger charge is -2.13. The molecule has 0 spiro atoms. The highest BCUT2D eigenvalue weighted by atomic mass is 19.4. The molecule has 7 heteroatoms. The third-order valence-electron chi connectivity index (χ3n) is 5.22. The van der Waals surface area contributed by atoms with E-state index in [4.69, 9.17) is 0 Å². The van der Waals surface area contributed by atoms with E-state index in [0.29, 0.717) is 24.4 Å². The topological polar surface area (TPSA) is 42.2 Å². The van der Waals surface area contributed by atoms with Gasteiger partial charge in [-0.15, -0.1) is 0 Å². The van der Waals surface area contributed by atoms with E-state index in [1.165, 1.54) is 0 Å². The van der Waals surface area contributed by atoms with Crippen LogP contribution in [-0.4, -0.2) is 21.4 Å². The summed E-state index contributed by atoms with van der Waals surface area (Å²) in [5, 5.41) is 3.21. The lowest BCUT2D eigenvalue weighted by atomic mass is 10.1. The number of hydrogen-bond acceptors (Lipinski definition) is 3. The standard InChI is InChI=1S/C26H33F3N4/c1-7-22-15-24(11-12-25(22)33-16-20(5)30-17-33)32-21(6)31-23(14-19(4)18(2)3)10-8-9-13-26(27,28)29/h11-12,14-17,32H,2,6-10,13H2,1,3-5H3/b19-14+,31-23-. The second kappa shape index (κ2) is 11.7. The Morgan fingerprint density at radius 2 is 1.94 bits per heavy atom. The molecule has 1 aromatic heterocycles. The van der Waals surface area contributed by atoms with Crippen molar-refractivity contribution in [3.8, 4) is 5.69 Å². The lowest BCUT2D eigenvalue weighted by molar-refractivity contribution is -0.135. The van der Waals surface area contributed by atoms with Gasteiger partial charge in [-0.05, 0) is 81.9 Å². The summed E-state index contributed by atoms with van der Waals surface area (Å²) in [5.74, 6) is 0.430. The molecule has 1 aromatic carbocycles. The van der Waals surface area contributed by atoms with Crippen LogP contribution in [0, 0.1) is 6.92 Å². The Balaban J connectivity index is 2.16. The number of benzene rings is 1. The summed E-state index contributed by atoms with van der Waals surface area (Å²) < 4.78 is 39.4. The van der Waals surface area contributed by atoms with Crippen LogP contribution in [0.4, 0.5) is 18.9 Å². The minimum atomic E-state index is -4.13. The average Bonchev–Trinajstić information content (AvgIpc) is 3.16. The first-order valence-corrected chi connectivity index (χ1v) is 11.1. The summed E-state index contributed by atoms with van der Waals surface area (Å²) in [6, 6.07) is 6.01. The summed E-state index contributed by atoms with van der Waals surface area (Å²) in [7, 11) is 0. The summed E-state index contributed by atoms with van der Waals surface area (Å²) in [4.78, 5) is 8.86. The van der Waals surface area contributed by atoms with E-state index < -0.39 is 12.6 Å². The predicted octanol–water partition coefficient (Wildman–Crippen LogP) is 7.71. The molecule has 0 atom stereocenters. The number of unbranched alkanes of at least 4 members (excludes halogenated alkanes) is 1. The lowest BCUT2D eigenvalue weighted by Crippen LogP contribution is -2.07. The maximum absolute atomic E-state index is 12.5. The summed E-state index contributed by atoms with van der Waals surface area (Å²) in [6.07, 6.45) is 2.44. The van der Waals surface area contributed by atoms with Crippen LogP contribution >= 0.6 is 0 Å². The van der Waals surface area contributed by atoms with Gasteiger partial charge in [0.05, 0.1) is 12.0 Å². The highest BCUT2D eigenvalue weighted by Gasteiger charge is 2.25. The molecular formula is C26H33F3N4. The van der Waals surface area contributed by atoms with Gasteiger partial charge in [0.25, 0.3) is 0 Å². The molecule has 1 heterocycles. The highest BCUT2D eigenvalue weighted by molar-refractivity contribution is 5.96. The fourth-order valence-electron chi connectivity index (χ4n) is 3.28. The molecule has 0 bridgehead atoms. The zero-order valence-electron chi connectivity index (χ0n) is 19.9. The van der Waals surface area contributed by atoms with Gasteiger partial charge < -0.3 is 9.88 Å². The van der Waals surface area contributed by atoms with E-state index in [0.717, 1.165) is 40.2 Å². The number of halogens is 3. The molecule has 2 rings (SSSR count). The molecule has 0 saturated carbocycles. The quantitative estimate of drug-likeness (QED) is 0.213. The largest absolute Gasteiger partial charge is 0.389 e. The van der Waals surface area contributed by atoms with Crippen molar-refractivity contribution >= 4 is 11.4 Å². The molecule has 33 heavy (non-hydrogen) atoms. The Kier molecular flexibility index (Phi) is 9.26. The van der Waals surface area contributed by atoms with Crippen molar-refractivity contribution in [3.63, 3.8) is 0 Å². The molecule has 0 fully saturated rings. The van der Waals surface area contributed by atoms with Crippen LogP contribution in [0.2, 0.25) is 0 Å². The molecular weight excluding hydrogens is 425 g/mol. The summed E-state index contributed by atoms with van der Waals surface area (Å²) in [6.45, 7) is 15.8. The Bertz CT molecular complexity index is 1040. The van der Waals surface area contributed by atoms with Crippen LogP contribution in [0.3, 0.4) is 0 Å². The smallest absolute Gasteiger partial charge is 0.341 e. The van der Waals surface area contributed by atoms with Crippen molar-refractivity contribution in [2.75, 3.05) is 5.32 Å². The van der Waals surface area contributed by atoms with Gasteiger partial charge >= 0.3 is 6.18 Å². The van der Waals surface area contributed by atoms with Crippen molar-refractivity contribution in [3.05, 3.63) is 78.2 Å². The zero-order chi connectivity index (χ0) is 24.6. The second-order valence-electron chi connectivity index (χ2n) is 8.22. The Labute approximate surface area is 194 Å². The number of hydrogen-bond donors (Lipinski definition) is 1. The first kappa shape index (κ1) is 26.2. The van der Waals surface area contributed by atoms with Gasteiger partial charge in [-0.1, -0.05) is 25.7 Å². The van der Waals surface area contributed by atoms with Crippen molar-refractivity contribution in [1.29, 1.82) is 0 Å². The number of rotatable bonds is 11. The van der Waals surface area contributed by atoms with E-state index in [1.807, 2.05) is 55.8 Å². The maximum atomic E-state index is 12.5. The fraction of sp³-hybridized carbons (Fsp3) is 0.385. The first-order chi connectivity index (χ1) is 15.5. The number of anilines is 1. The van der Waals surface area contributed by atoms with Gasteiger partial charge in [-0.25, -0.2) is 9.98 Å². The monoisotopic (exact) mass is 458 g/mol. The number of aliphatic imine (C=N–C) groups is 1. The molecule has 0 amide bonds. The summed E-state index contributed by atoms with van der Waals surface area (Å²) in [5.41, 5.74) is 6.49. The van der Waals surface area contributed by atoms with E-state index in [9.17, 15) is 13.2 Å². The van der Waals surface area contributed by atoms with Crippen LogP contribution in [0.15, 0.2) is 71.9 Å². The van der Waals surface area contributed by atoms with Crippen molar-refractivity contribution in [1.82, 2.24) is 9.55 Å². The van der Waals surface area contributed by atoms with Crippen molar-refractivity contribution in [2.45, 2.75) is 66.0 Å². The Morgan fingerprint density at radius 1 is 1.21 bits per heavy atom. The van der Waals surface area contributed by atoms with Crippen LogP contribution < -0.4 is 5.32 Å². The number of nitrogens with zero attached hydrogens (tertiary/aromatic N) is 3. The number of aromatic nitrogens is 2. The van der Waals surface area contributed by atoms with Gasteiger partial charge in [-0.3, -0.25) is 0 Å². The van der Waals surface area contributed by atoms with E-state index in [1.54, 1.807) is 6.33 Å². The van der Waals surface area contributed by atoms with Crippen LogP contribution in [-0.2, 0) is 6.42 Å². The molecule has 2 aromatic rings. The van der Waals surface area contributed by atoms with Crippen molar-refractivity contribution in [2.24, 2.45) is 4.99 Å². The molecule has 0 radical (unpaired) electrons. The first-order valence-electron chi connectivity index (χ1n) is 11.1. The number of aryl methyl sites for hydroxylation is 2. The predicted molar refractivity (Wildman–Crippen MR) is 131 cm³/mol. The van der Waals surface area contributed by atoms with Gasteiger partial charge in [0.1, 0.15) is 5.82 Å². The van der Waals surface area contributed by atoms with E-state index in [2.05, 4.69) is 35.4 Å². The maximum Gasteiger partial charge on any atom is 0.389 e. The highest BCUT2D eigenvalue weighted by Crippen LogP contribution is 2.24. The molecule has 0 aliphatic carbocycles. The zero-order valence-corrected chi connectivity index (χ0v) is 19.9. The number of imidazole rings is 1. The normalized spacial score (nSPS) is 12.7. The average molecular weight is 459 g/mol. The molecule has 178 valence electrons. The molecule has 4 nitrogen and oxygen atoms in total. The minimum absolute atomic E-state index is 0.0669. The fourth-order valence-corrected chi connectivity index (χ4v) is 3.28. The van der Waals surface area contributed by atoms with Crippen LogP contribution in [0.25, 0.3) is 5.69 Å². The van der Waals surface area contributed by atoms with Gasteiger partial charge in [0.2, 0.25) is 0 Å². The number of allylic oxidation sites excluding steroid dienone is 3. The second-order valence-corrected chi connectivity index (χ2v) is 8.22. The third kappa shape index (κ3) is 8.75. The van der Waals surface area contributed by atoms with E-state index >= 15 is 0 Å². The molecule has 0 aliphatic rings. The van der Waals surface area contributed by atoms with Crippen LogP contribution in [0.1, 0.15) is 57.7 Å². The van der Waals surface area contributed by atoms with Gasteiger partial charge in [0.15, 0.2) is 0 Å². The SMILES string of the molecule is C=C(/N=C(\C=C(/C)C(=C)C)CCCCC(F)(F)F)Nc1ccc(-n2cnc(C)c2)c(CC)c1. The van der Waals surface area contributed by atoms with Crippen LogP contribution in [0.5, 0.6) is 0 Å². The minimum Gasteiger partial charge on any atom is -0.341 e. The van der Waals surface area contributed by atoms with Gasteiger partial charge in [0, 0.05) is 29.7 Å². The molecule has 0 saturated heterocycles. The Morgan fingerprint density at radius 3 is 2.52 bits per heavy atom. The van der Waals surface area contributed by atoms with Gasteiger partial charge in [-0.2, -0.15) is 13.2 Å². The van der Waals surface area contributed by atoms with E-state index in [-0.39, 0.29) is 6.42 Å². The number of alkyl halides is 3.